The monoisotopic (exact) mass is 247 g/mol. The molecular formula is C14H21N3O. The van der Waals surface area contributed by atoms with Crippen molar-refractivity contribution in [2.24, 2.45) is 5.92 Å². The molecule has 0 aromatic carbocycles. The van der Waals surface area contributed by atoms with Crippen LogP contribution in [0.2, 0.25) is 0 Å². The zero-order valence-corrected chi connectivity index (χ0v) is 10.9. The number of hydrogen-bond donors (Lipinski definition) is 1. The number of methoxy groups -OCH3 is 1. The van der Waals surface area contributed by atoms with E-state index in [0.29, 0.717) is 5.88 Å². The Morgan fingerprint density at radius 1 is 1.39 bits per heavy atom. The van der Waals surface area contributed by atoms with Gasteiger partial charge >= 0.3 is 0 Å². The van der Waals surface area contributed by atoms with Crippen LogP contribution in [0.25, 0.3) is 0 Å². The summed E-state index contributed by atoms with van der Waals surface area (Å²) in [5.41, 5.74) is 0. The van der Waals surface area contributed by atoms with Crippen LogP contribution in [0, 0.1) is 5.92 Å². The Hall–Kier alpha value is -1.29. The van der Waals surface area contributed by atoms with E-state index in [1.807, 2.05) is 12.1 Å². The summed E-state index contributed by atoms with van der Waals surface area (Å²) in [6.07, 6.45) is 3.88. The molecule has 3 rings (SSSR count). The molecule has 0 spiro atoms. The fourth-order valence-electron chi connectivity index (χ4n) is 3.15. The van der Waals surface area contributed by atoms with Crippen LogP contribution in [-0.2, 0) is 0 Å². The number of aromatic nitrogens is 1. The van der Waals surface area contributed by atoms with Crippen molar-refractivity contribution in [2.75, 3.05) is 31.6 Å². The normalized spacial score (nSPS) is 27.7. The van der Waals surface area contributed by atoms with E-state index < -0.39 is 0 Å². The number of pyridine rings is 1. The maximum absolute atomic E-state index is 5.20. The first-order valence-corrected chi connectivity index (χ1v) is 6.86. The van der Waals surface area contributed by atoms with Crippen LogP contribution in [0.4, 0.5) is 5.82 Å². The fourth-order valence-corrected chi connectivity index (χ4v) is 3.15. The Bertz CT molecular complexity index is 410. The minimum absolute atomic E-state index is 0.705. The lowest BCUT2D eigenvalue weighted by atomic mass is 9.85. The Kier molecular flexibility index (Phi) is 3.37. The summed E-state index contributed by atoms with van der Waals surface area (Å²) in [6, 6.07) is 6.73. The first-order chi connectivity index (χ1) is 8.86. The molecule has 4 heteroatoms. The van der Waals surface area contributed by atoms with Gasteiger partial charge in [0.2, 0.25) is 5.88 Å². The molecule has 3 heterocycles. The van der Waals surface area contributed by atoms with Crippen molar-refractivity contribution in [3.63, 3.8) is 0 Å². The summed E-state index contributed by atoms with van der Waals surface area (Å²) in [4.78, 5) is 6.94. The maximum atomic E-state index is 5.20. The lowest BCUT2D eigenvalue weighted by Crippen LogP contribution is -2.52. The predicted octanol–water partition coefficient (Wildman–Crippen LogP) is 1.67. The second-order valence-corrected chi connectivity index (χ2v) is 5.24. The Balaban J connectivity index is 1.72. The molecule has 2 fully saturated rings. The second-order valence-electron chi connectivity index (χ2n) is 5.24. The van der Waals surface area contributed by atoms with Crippen LogP contribution in [0.5, 0.6) is 5.88 Å². The van der Waals surface area contributed by atoms with E-state index in [4.69, 9.17) is 4.74 Å². The summed E-state index contributed by atoms with van der Waals surface area (Å²) in [6.45, 7) is 3.41. The number of ether oxygens (including phenoxy) is 1. The van der Waals surface area contributed by atoms with Gasteiger partial charge in [-0.05, 0) is 37.8 Å². The second kappa shape index (κ2) is 5.14. The van der Waals surface area contributed by atoms with E-state index in [1.54, 1.807) is 7.11 Å². The van der Waals surface area contributed by atoms with Gasteiger partial charge in [-0.1, -0.05) is 6.07 Å². The van der Waals surface area contributed by atoms with E-state index in [0.717, 1.165) is 30.9 Å². The van der Waals surface area contributed by atoms with Crippen LogP contribution < -0.4 is 15.0 Å². The summed E-state index contributed by atoms with van der Waals surface area (Å²) < 4.78 is 5.20. The van der Waals surface area contributed by atoms with Crippen molar-refractivity contribution in [1.29, 1.82) is 0 Å². The minimum atomic E-state index is 0.705. The van der Waals surface area contributed by atoms with Gasteiger partial charge in [0.05, 0.1) is 7.11 Å². The lowest BCUT2D eigenvalue weighted by Gasteiger charge is -2.42. The van der Waals surface area contributed by atoms with E-state index in [2.05, 4.69) is 21.3 Å². The van der Waals surface area contributed by atoms with E-state index in [9.17, 15) is 0 Å². The zero-order chi connectivity index (χ0) is 12.4. The third-order valence-electron chi connectivity index (χ3n) is 4.13. The quantitative estimate of drug-likeness (QED) is 0.862. The van der Waals surface area contributed by atoms with Gasteiger partial charge in [-0.15, -0.1) is 0 Å². The highest BCUT2D eigenvalue weighted by Crippen LogP contribution is 2.28. The molecule has 0 bridgehead atoms. The molecule has 2 saturated heterocycles. The average molecular weight is 247 g/mol. The number of anilines is 1. The largest absolute Gasteiger partial charge is 0.481 e. The highest BCUT2D eigenvalue weighted by molar-refractivity contribution is 5.41. The maximum Gasteiger partial charge on any atom is 0.214 e. The molecule has 18 heavy (non-hydrogen) atoms. The third-order valence-corrected chi connectivity index (χ3v) is 4.13. The molecule has 0 amide bonds. The molecule has 0 aliphatic carbocycles. The summed E-state index contributed by atoms with van der Waals surface area (Å²) in [7, 11) is 1.67. The van der Waals surface area contributed by atoms with E-state index in [1.165, 1.54) is 25.8 Å². The number of fused-ring (bicyclic) bond motifs is 1. The molecule has 2 unspecified atom stereocenters. The number of piperidine rings is 2. The molecule has 0 saturated carbocycles. The van der Waals surface area contributed by atoms with Crippen molar-refractivity contribution in [3.8, 4) is 5.88 Å². The molecule has 4 nitrogen and oxygen atoms in total. The SMILES string of the molecule is COc1cccc(N2CCC3NCCCC3C2)n1. The molecule has 2 atom stereocenters. The number of rotatable bonds is 2. The summed E-state index contributed by atoms with van der Waals surface area (Å²) >= 11 is 0. The van der Waals surface area contributed by atoms with Crippen LogP contribution >= 0.6 is 0 Å². The average Bonchev–Trinajstić information content (AvgIpc) is 2.47. The molecule has 1 aromatic heterocycles. The van der Waals surface area contributed by atoms with Crippen LogP contribution in [0.3, 0.4) is 0 Å². The topological polar surface area (TPSA) is 37.4 Å². The van der Waals surface area contributed by atoms with Crippen molar-refractivity contribution >= 4 is 5.82 Å². The van der Waals surface area contributed by atoms with Crippen molar-refractivity contribution in [3.05, 3.63) is 18.2 Å². The van der Waals surface area contributed by atoms with Gasteiger partial charge in [-0.25, -0.2) is 0 Å². The first-order valence-electron chi connectivity index (χ1n) is 6.86. The lowest BCUT2D eigenvalue weighted by molar-refractivity contribution is 0.243. The van der Waals surface area contributed by atoms with Crippen LogP contribution in [-0.4, -0.2) is 37.8 Å². The smallest absolute Gasteiger partial charge is 0.214 e. The van der Waals surface area contributed by atoms with Gasteiger partial charge in [0.15, 0.2) is 0 Å². The molecular weight excluding hydrogens is 226 g/mol. The minimum Gasteiger partial charge on any atom is -0.481 e. The molecule has 2 aliphatic rings. The zero-order valence-electron chi connectivity index (χ0n) is 10.9. The first kappa shape index (κ1) is 11.8. The molecule has 0 radical (unpaired) electrons. The van der Waals surface area contributed by atoms with Crippen LogP contribution in [0.15, 0.2) is 18.2 Å². The summed E-state index contributed by atoms with van der Waals surface area (Å²) in [5, 5.41) is 3.64. The highest BCUT2D eigenvalue weighted by Gasteiger charge is 2.31. The number of nitrogens with one attached hydrogen (secondary N) is 1. The van der Waals surface area contributed by atoms with Gasteiger partial charge < -0.3 is 15.0 Å². The van der Waals surface area contributed by atoms with Crippen molar-refractivity contribution in [1.82, 2.24) is 10.3 Å². The predicted molar refractivity (Wildman–Crippen MR) is 72.1 cm³/mol. The van der Waals surface area contributed by atoms with Crippen molar-refractivity contribution in [2.45, 2.75) is 25.3 Å². The van der Waals surface area contributed by atoms with Crippen molar-refractivity contribution < 1.29 is 4.74 Å². The van der Waals surface area contributed by atoms with Gasteiger partial charge in [0, 0.05) is 25.2 Å². The van der Waals surface area contributed by atoms with Crippen LogP contribution in [0.1, 0.15) is 19.3 Å². The Morgan fingerprint density at radius 3 is 3.22 bits per heavy atom. The molecule has 98 valence electrons. The molecule has 1 N–H and O–H groups in total. The van der Waals surface area contributed by atoms with Gasteiger partial charge in [0.25, 0.3) is 0 Å². The van der Waals surface area contributed by atoms with Gasteiger partial charge in [0.1, 0.15) is 5.82 Å². The molecule has 1 aromatic rings. The Morgan fingerprint density at radius 2 is 2.33 bits per heavy atom. The Labute approximate surface area is 108 Å². The van der Waals surface area contributed by atoms with E-state index >= 15 is 0 Å². The number of hydrogen-bond acceptors (Lipinski definition) is 4. The van der Waals surface area contributed by atoms with Gasteiger partial charge in [-0.2, -0.15) is 4.98 Å². The molecule has 2 aliphatic heterocycles. The van der Waals surface area contributed by atoms with Gasteiger partial charge in [-0.3, -0.25) is 0 Å². The van der Waals surface area contributed by atoms with E-state index in [-0.39, 0.29) is 0 Å². The summed E-state index contributed by atoms with van der Waals surface area (Å²) in [5.74, 6) is 2.54. The third kappa shape index (κ3) is 2.29. The highest BCUT2D eigenvalue weighted by atomic mass is 16.5. The number of nitrogens with zero attached hydrogens (tertiary/aromatic N) is 2. The standard InChI is InChI=1S/C14H21N3O/c1-18-14-6-2-5-13(16-14)17-9-7-12-11(10-17)4-3-8-15-12/h2,5-6,11-12,15H,3-4,7-10H2,1H3. The fraction of sp³-hybridized carbons (Fsp3) is 0.643.